The van der Waals surface area contributed by atoms with E-state index in [2.05, 4.69) is 177 Å². The van der Waals surface area contributed by atoms with Crippen LogP contribution in [0.25, 0.3) is 71.0 Å². The summed E-state index contributed by atoms with van der Waals surface area (Å²) in [6.07, 6.45) is 0. The summed E-state index contributed by atoms with van der Waals surface area (Å²) in [4.78, 5) is 6.18. The third-order valence-corrected chi connectivity index (χ3v) is 10.5. The fourth-order valence-corrected chi connectivity index (χ4v) is 8.22. The lowest BCUT2D eigenvalue weighted by Crippen LogP contribution is -2.09. The Morgan fingerprint density at radius 1 is 0.491 bits per heavy atom. The fourth-order valence-electron chi connectivity index (χ4n) is 8.22. The fraction of sp³-hybridized carbons (Fsp3) is 0. The molecular formula is C50H31N5. The van der Waals surface area contributed by atoms with E-state index in [1.165, 1.54) is 10.8 Å². The first-order valence-corrected chi connectivity index (χ1v) is 18.2. The number of hydrogen-bond donors (Lipinski definition) is 0. The van der Waals surface area contributed by atoms with Crippen LogP contribution in [0.5, 0.6) is 0 Å². The van der Waals surface area contributed by atoms with E-state index in [0.29, 0.717) is 16.9 Å². The molecule has 2 aromatic heterocycles. The Labute approximate surface area is 318 Å². The van der Waals surface area contributed by atoms with E-state index in [9.17, 15) is 5.26 Å². The van der Waals surface area contributed by atoms with Crippen LogP contribution < -0.4 is 4.90 Å². The summed E-state index contributed by atoms with van der Waals surface area (Å²) < 4.78 is 4.44. The minimum absolute atomic E-state index is 0.428. The molecule has 0 aliphatic heterocycles. The first kappa shape index (κ1) is 31.8. The van der Waals surface area contributed by atoms with Gasteiger partial charge >= 0.3 is 0 Å². The minimum atomic E-state index is 0.428. The Balaban J connectivity index is 1.29. The van der Waals surface area contributed by atoms with Crippen LogP contribution in [0.4, 0.5) is 22.7 Å². The highest BCUT2D eigenvalue weighted by atomic mass is 15.1. The molecule has 55 heavy (non-hydrogen) atoms. The molecule has 0 atom stereocenters. The average molecular weight is 702 g/mol. The standard InChI is InChI=1S/C50H31N5/c1-52-44-24-13-15-35(33-51)50(44)55-47-30-28-39(53(36-16-5-2-6-17-36)37-18-7-3-8-19-37)32-43(47)49-40(23-14-26-48(49)55)34-27-29-46-42(31-34)41-22-11-12-25-45(41)54(46)38-20-9-4-10-21-38/h2-32H. The van der Waals surface area contributed by atoms with Crippen molar-refractivity contribution in [1.82, 2.24) is 9.13 Å². The molecule has 5 heteroatoms. The Bertz CT molecular complexity index is 3090. The SMILES string of the molecule is [C-]#[N+]c1cccc(C#N)c1-n1c2ccc(N(c3ccccc3)c3ccccc3)cc2c2c(-c3ccc4c(c3)c3ccccc3n4-c3ccccc3)cccc21. The molecule has 0 unspecified atom stereocenters. The van der Waals surface area contributed by atoms with Gasteiger partial charge in [0.05, 0.1) is 46.0 Å². The van der Waals surface area contributed by atoms with Crippen molar-refractivity contribution in [1.29, 1.82) is 5.26 Å². The molecule has 8 aromatic carbocycles. The molecule has 0 saturated heterocycles. The second-order valence-electron chi connectivity index (χ2n) is 13.6. The number of fused-ring (bicyclic) bond motifs is 6. The maximum absolute atomic E-state index is 10.4. The largest absolute Gasteiger partial charge is 0.318 e. The molecule has 2 heterocycles. The van der Waals surface area contributed by atoms with E-state index >= 15 is 0 Å². The number of para-hydroxylation sites is 5. The highest BCUT2D eigenvalue weighted by Crippen LogP contribution is 2.45. The maximum atomic E-state index is 10.4. The predicted octanol–water partition coefficient (Wildman–Crippen LogP) is 13.4. The molecule has 10 aromatic rings. The van der Waals surface area contributed by atoms with Gasteiger partial charge in [-0.2, -0.15) is 5.26 Å². The normalized spacial score (nSPS) is 11.2. The van der Waals surface area contributed by atoms with Crippen molar-refractivity contribution < 1.29 is 0 Å². The minimum Gasteiger partial charge on any atom is -0.318 e. The molecule has 0 aliphatic carbocycles. The number of nitriles is 1. The summed E-state index contributed by atoms with van der Waals surface area (Å²) in [7, 11) is 0. The van der Waals surface area contributed by atoms with Gasteiger partial charge < -0.3 is 14.0 Å². The smallest absolute Gasteiger partial charge is 0.211 e. The molecule has 0 aliphatic rings. The summed E-state index contributed by atoms with van der Waals surface area (Å²) in [6, 6.07) is 67.3. The van der Waals surface area contributed by atoms with Crippen molar-refractivity contribution in [2.45, 2.75) is 0 Å². The molecule has 5 nitrogen and oxygen atoms in total. The van der Waals surface area contributed by atoms with Crippen molar-refractivity contribution in [3.8, 4) is 28.6 Å². The Kier molecular flexibility index (Phi) is 7.51. The van der Waals surface area contributed by atoms with Gasteiger partial charge in [-0.15, -0.1) is 0 Å². The van der Waals surface area contributed by atoms with Crippen LogP contribution in [0.15, 0.2) is 188 Å². The third kappa shape index (κ3) is 5.07. The van der Waals surface area contributed by atoms with Gasteiger partial charge in [0.1, 0.15) is 0 Å². The number of benzene rings is 8. The van der Waals surface area contributed by atoms with E-state index in [-0.39, 0.29) is 0 Å². The Hall–Kier alpha value is -7.86. The highest BCUT2D eigenvalue weighted by Gasteiger charge is 2.23. The topological polar surface area (TPSA) is 41.2 Å². The zero-order chi connectivity index (χ0) is 36.9. The van der Waals surface area contributed by atoms with E-state index < -0.39 is 0 Å². The first-order chi connectivity index (χ1) is 27.2. The molecule has 0 saturated carbocycles. The second kappa shape index (κ2) is 13.0. The maximum Gasteiger partial charge on any atom is 0.211 e. The molecule has 10 rings (SSSR count). The van der Waals surface area contributed by atoms with Crippen molar-refractivity contribution in [2.24, 2.45) is 0 Å². The lowest BCUT2D eigenvalue weighted by Gasteiger charge is -2.25. The monoisotopic (exact) mass is 701 g/mol. The van der Waals surface area contributed by atoms with Crippen LogP contribution in [0, 0.1) is 17.9 Å². The van der Waals surface area contributed by atoms with E-state index in [1.807, 2.05) is 18.2 Å². The average Bonchev–Trinajstić information content (AvgIpc) is 3.76. The van der Waals surface area contributed by atoms with Crippen LogP contribution >= 0.6 is 0 Å². The summed E-state index contributed by atoms with van der Waals surface area (Å²) in [6.45, 7) is 8.13. The predicted molar refractivity (Wildman–Crippen MR) is 226 cm³/mol. The summed E-state index contributed by atoms with van der Waals surface area (Å²) in [5.74, 6) is 0. The van der Waals surface area contributed by atoms with Crippen LogP contribution in [0.2, 0.25) is 0 Å². The van der Waals surface area contributed by atoms with Gasteiger partial charge in [-0.3, -0.25) is 0 Å². The summed E-state index contributed by atoms with van der Waals surface area (Å²) >= 11 is 0. The van der Waals surface area contributed by atoms with Gasteiger partial charge in [-0.05, 0) is 96.1 Å². The summed E-state index contributed by atoms with van der Waals surface area (Å²) in [5.41, 5.74) is 12.0. The zero-order valence-electron chi connectivity index (χ0n) is 29.6. The van der Waals surface area contributed by atoms with Crippen molar-refractivity contribution >= 4 is 66.4 Å². The first-order valence-electron chi connectivity index (χ1n) is 18.2. The highest BCUT2D eigenvalue weighted by molar-refractivity contribution is 6.18. The second-order valence-corrected chi connectivity index (χ2v) is 13.6. The van der Waals surface area contributed by atoms with Crippen LogP contribution in [-0.4, -0.2) is 9.13 Å². The number of aromatic nitrogens is 2. The van der Waals surface area contributed by atoms with Crippen LogP contribution in [-0.2, 0) is 0 Å². The number of rotatable bonds is 6. The van der Waals surface area contributed by atoms with E-state index in [1.54, 1.807) is 18.2 Å². The number of hydrogen-bond acceptors (Lipinski definition) is 2. The van der Waals surface area contributed by atoms with Gasteiger partial charge in [-0.25, -0.2) is 4.85 Å². The van der Waals surface area contributed by atoms with Gasteiger partial charge in [0.25, 0.3) is 0 Å². The van der Waals surface area contributed by atoms with Crippen LogP contribution in [0.3, 0.4) is 0 Å². The lowest BCUT2D eigenvalue weighted by atomic mass is 9.97. The molecule has 0 radical (unpaired) electrons. The molecule has 256 valence electrons. The molecule has 0 spiro atoms. The molecular weight excluding hydrogens is 671 g/mol. The van der Waals surface area contributed by atoms with Crippen molar-refractivity contribution in [2.75, 3.05) is 4.90 Å². The van der Waals surface area contributed by atoms with Gasteiger partial charge in [0, 0.05) is 44.3 Å². The lowest BCUT2D eigenvalue weighted by molar-refractivity contribution is 1.17. The zero-order valence-corrected chi connectivity index (χ0v) is 29.6. The quantitative estimate of drug-likeness (QED) is 0.162. The molecule has 0 amide bonds. The van der Waals surface area contributed by atoms with Gasteiger partial charge in [-0.1, -0.05) is 103 Å². The van der Waals surface area contributed by atoms with Crippen molar-refractivity contribution in [3.63, 3.8) is 0 Å². The van der Waals surface area contributed by atoms with Gasteiger partial charge in [0.2, 0.25) is 5.69 Å². The van der Waals surface area contributed by atoms with E-state index in [0.717, 1.165) is 66.7 Å². The Morgan fingerprint density at radius 3 is 1.84 bits per heavy atom. The van der Waals surface area contributed by atoms with E-state index in [4.69, 9.17) is 6.57 Å². The van der Waals surface area contributed by atoms with Crippen molar-refractivity contribution in [3.05, 3.63) is 205 Å². The summed E-state index contributed by atoms with van der Waals surface area (Å²) in [5, 5.41) is 14.8. The van der Waals surface area contributed by atoms with Crippen LogP contribution in [0.1, 0.15) is 5.56 Å². The molecule has 0 N–H and O–H groups in total. The van der Waals surface area contributed by atoms with Gasteiger partial charge in [0.15, 0.2) is 0 Å². The Morgan fingerprint density at radius 2 is 1.11 bits per heavy atom. The number of nitrogens with zero attached hydrogens (tertiary/aromatic N) is 5. The number of anilines is 3. The third-order valence-electron chi connectivity index (χ3n) is 10.5. The molecule has 0 fully saturated rings. The molecule has 0 bridgehead atoms.